The summed E-state index contributed by atoms with van der Waals surface area (Å²) in [5, 5.41) is 5.75. The molecule has 1 aliphatic rings. The second kappa shape index (κ2) is 5.60. The van der Waals surface area contributed by atoms with Crippen molar-refractivity contribution in [3.63, 3.8) is 0 Å². The number of para-hydroxylation sites is 1. The molecule has 1 saturated heterocycles. The lowest BCUT2D eigenvalue weighted by molar-refractivity contribution is -0.118. The average Bonchev–Trinajstić information content (AvgIpc) is 2.35. The minimum Gasteiger partial charge on any atom is -0.321 e. The van der Waals surface area contributed by atoms with E-state index in [1.807, 2.05) is 0 Å². The van der Waals surface area contributed by atoms with E-state index in [2.05, 4.69) is 26.6 Å². The number of rotatable bonds is 2. The quantitative estimate of drug-likeness (QED) is 0.882. The molecule has 1 aromatic rings. The first-order valence-electron chi connectivity index (χ1n) is 5.67. The van der Waals surface area contributed by atoms with Crippen LogP contribution in [0.1, 0.15) is 19.3 Å². The normalized spacial score (nSPS) is 20.0. The molecule has 0 spiro atoms. The van der Waals surface area contributed by atoms with Crippen molar-refractivity contribution in [2.45, 2.75) is 25.3 Å². The molecule has 0 unspecified atom stereocenters. The Kier molecular flexibility index (Phi) is 4.12. The lowest BCUT2D eigenvalue weighted by atomic mass is 10.0. The van der Waals surface area contributed by atoms with Gasteiger partial charge in [0, 0.05) is 4.47 Å². The smallest absolute Gasteiger partial charge is 0.241 e. The molecule has 0 radical (unpaired) electrons. The Morgan fingerprint density at radius 3 is 2.94 bits per heavy atom. The van der Waals surface area contributed by atoms with Gasteiger partial charge < -0.3 is 10.6 Å². The van der Waals surface area contributed by atoms with Gasteiger partial charge in [0.05, 0.1) is 11.7 Å². The summed E-state index contributed by atoms with van der Waals surface area (Å²) >= 11 is 3.22. The second-order valence-electron chi connectivity index (χ2n) is 4.09. The second-order valence-corrected chi connectivity index (χ2v) is 4.94. The number of nitrogens with one attached hydrogen (secondary N) is 2. The van der Waals surface area contributed by atoms with Crippen LogP contribution in [0.25, 0.3) is 0 Å². The van der Waals surface area contributed by atoms with Crippen molar-refractivity contribution in [1.29, 1.82) is 0 Å². The molecule has 0 aliphatic carbocycles. The highest BCUT2D eigenvalue weighted by Crippen LogP contribution is 2.25. The SMILES string of the molecule is O=C(Nc1c(F)cccc1Br)[C@@H]1CCCCN1. The Bertz CT molecular complexity index is 399. The molecular formula is C12H14BrFN2O. The Morgan fingerprint density at radius 2 is 2.29 bits per heavy atom. The maximum absolute atomic E-state index is 13.5. The monoisotopic (exact) mass is 300 g/mol. The fourth-order valence-corrected chi connectivity index (χ4v) is 2.34. The summed E-state index contributed by atoms with van der Waals surface area (Å²) < 4.78 is 14.1. The van der Waals surface area contributed by atoms with Crippen molar-refractivity contribution in [2.24, 2.45) is 0 Å². The van der Waals surface area contributed by atoms with Gasteiger partial charge in [0.2, 0.25) is 5.91 Å². The average molecular weight is 301 g/mol. The first-order valence-corrected chi connectivity index (χ1v) is 6.46. The molecule has 2 N–H and O–H groups in total. The number of benzene rings is 1. The molecule has 1 aliphatic heterocycles. The number of carbonyl (C=O) groups is 1. The van der Waals surface area contributed by atoms with Crippen LogP contribution < -0.4 is 10.6 Å². The molecule has 17 heavy (non-hydrogen) atoms. The minimum absolute atomic E-state index is 0.171. The Labute approximate surface area is 108 Å². The third-order valence-corrected chi connectivity index (χ3v) is 3.50. The van der Waals surface area contributed by atoms with Gasteiger partial charge in [0.15, 0.2) is 0 Å². The molecule has 0 bridgehead atoms. The van der Waals surface area contributed by atoms with Crippen LogP contribution in [0.5, 0.6) is 0 Å². The van der Waals surface area contributed by atoms with Gasteiger partial charge in [0.25, 0.3) is 0 Å². The summed E-state index contributed by atoms with van der Waals surface area (Å²) in [4.78, 5) is 11.9. The van der Waals surface area contributed by atoms with Crippen molar-refractivity contribution in [2.75, 3.05) is 11.9 Å². The number of carbonyl (C=O) groups excluding carboxylic acids is 1. The summed E-state index contributed by atoms with van der Waals surface area (Å²) in [5.41, 5.74) is 0.213. The first-order chi connectivity index (χ1) is 8.18. The van der Waals surface area contributed by atoms with Crippen LogP contribution in [0.4, 0.5) is 10.1 Å². The summed E-state index contributed by atoms with van der Waals surface area (Å²) in [5.74, 6) is -0.598. The van der Waals surface area contributed by atoms with Crippen molar-refractivity contribution in [1.82, 2.24) is 5.32 Å². The van der Waals surface area contributed by atoms with Gasteiger partial charge in [-0.2, -0.15) is 0 Å². The molecule has 1 amide bonds. The zero-order valence-corrected chi connectivity index (χ0v) is 10.9. The number of halogens is 2. The summed E-state index contributed by atoms with van der Waals surface area (Å²) in [6, 6.07) is 4.41. The molecule has 3 nitrogen and oxygen atoms in total. The predicted octanol–water partition coefficient (Wildman–Crippen LogP) is 2.67. The zero-order chi connectivity index (χ0) is 12.3. The Balaban J connectivity index is 2.07. The van der Waals surface area contributed by atoms with E-state index in [-0.39, 0.29) is 17.6 Å². The van der Waals surface area contributed by atoms with Gasteiger partial charge in [-0.05, 0) is 47.4 Å². The Hall–Kier alpha value is -0.940. The third kappa shape index (κ3) is 3.04. The fraction of sp³-hybridized carbons (Fsp3) is 0.417. The molecule has 1 aromatic carbocycles. The van der Waals surface area contributed by atoms with Gasteiger partial charge >= 0.3 is 0 Å². The number of amides is 1. The molecule has 0 saturated carbocycles. The van der Waals surface area contributed by atoms with Gasteiger partial charge in [-0.3, -0.25) is 4.79 Å². The lowest BCUT2D eigenvalue weighted by Crippen LogP contribution is -2.43. The van der Waals surface area contributed by atoms with E-state index in [1.54, 1.807) is 12.1 Å². The van der Waals surface area contributed by atoms with E-state index in [1.165, 1.54) is 6.07 Å². The van der Waals surface area contributed by atoms with Crippen LogP contribution in [-0.2, 0) is 4.79 Å². The molecular weight excluding hydrogens is 287 g/mol. The molecule has 5 heteroatoms. The first kappa shape index (κ1) is 12.5. The van der Waals surface area contributed by atoms with Crippen LogP contribution in [0, 0.1) is 5.82 Å². The molecule has 1 fully saturated rings. The third-order valence-electron chi connectivity index (χ3n) is 2.84. The number of hydrogen-bond acceptors (Lipinski definition) is 2. The molecule has 1 heterocycles. The fourth-order valence-electron chi connectivity index (χ4n) is 1.90. The van der Waals surface area contributed by atoms with E-state index in [0.717, 1.165) is 25.8 Å². The molecule has 92 valence electrons. The van der Waals surface area contributed by atoms with Crippen molar-refractivity contribution < 1.29 is 9.18 Å². The number of hydrogen-bond donors (Lipinski definition) is 2. The van der Waals surface area contributed by atoms with Gasteiger partial charge in [-0.25, -0.2) is 4.39 Å². The van der Waals surface area contributed by atoms with Crippen molar-refractivity contribution >= 4 is 27.5 Å². The maximum atomic E-state index is 13.5. The van der Waals surface area contributed by atoms with Gasteiger partial charge in [0.1, 0.15) is 5.82 Å². The summed E-state index contributed by atoms with van der Waals surface area (Å²) in [6.07, 6.45) is 2.93. The minimum atomic E-state index is -0.427. The highest BCUT2D eigenvalue weighted by atomic mass is 79.9. The van der Waals surface area contributed by atoms with Crippen LogP contribution in [0.15, 0.2) is 22.7 Å². The largest absolute Gasteiger partial charge is 0.321 e. The van der Waals surface area contributed by atoms with Crippen LogP contribution in [0.3, 0.4) is 0 Å². The highest BCUT2D eigenvalue weighted by molar-refractivity contribution is 9.10. The van der Waals surface area contributed by atoms with Gasteiger partial charge in [-0.1, -0.05) is 12.5 Å². The van der Waals surface area contributed by atoms with E-state index in [4.69, 9.17) is 0 Å². The van der Waals surface area contributed by atoms with E-state index < -0.39 is 5.82 Å². The summed E-state index contributed by atoms with van der Waals surface area (Å²) in [7, 11) is 0. The number of anilines is 1. The topological polar surface area (TPSA) is 41.1 Å². The van der Waals surface area contributed by atoms with Crippen LogP contribution in [0.2, 0.25) is 0 Å². The predicted molar refractivity (Wildman–Crippen MR) is 68.4 cm³/mol. The summed E-state index contributed by atoms with van der Waals surface area (Å²) in [6.45, 7) is 0.844. The molecule has 0 aromatic heterocycles. The van der Waals surface area contributed by atoms with Crippen LogP contribution >= 0.6 is 15.9 Å². The van der Waals surface area contributed by atoms with Crippen molar-refractivity contribution in [3.8, 4) is 0 Å². The highest BCUT2D eigenvalue weighted by Gasteiger charge is 2.21. The van der Waals surface area contributed by atoms with E-state index in [0.29, 0.717) is 4.47 Å². The molecule has 2 rings (SSSR count). The van der Waals surface area contributed by atoms with Crippen molar-refractivity contribution in [3.05, 3.63) is 28.5 Å². The van der Waals surface area contributed by atoms with Crippen LogP contribution in [-0.4, -0.2) is 18.5 Å². The Morgan fingerprint density at radius 1 is 1.47 bits per heavy atom. The standard InChI is InChI=1S/C12H14BrFN2O/c13-8-4-3-5-9(14)11(8)16-12(17)10-6-1-2-7-15-10/h3-5,10,15H,1-2,6-7H2,(H,16,17)/t10-/m0/s1. The maximum Gasteiger partial charge on any atom is 0.241 e. The van der Waals surface area contributed by atoms with E-state index >= 15 is 0 Å². The zero-order valence-electron chi connectivity index (χ0n) is 9.30. The lowest BCUT2D eigenvalue weighted by Gasteiger charge is -2.22. The van der Waals surface area contributed by atoms with E-state index in [9.17, 15) is 9.18 Å². The van der Waals surface area contributed by atoms with Gasteiger partial charge in [-0.15, -0.1) is 0 Å². The molecule has 1 atom stereocenters. The number of piperidine rings is 1.